The van der Waals surface area contributed by atoms with Crippen LogP contribution in [-0.4, -0.2) is 63.3 Å². The molecule has 0 saturated carbocycles. The molecule has 0 aliphatic carbocycles. The van der Waals surface area contributed by atoms with Crippen molar-refractivity contribution in [3.8, 4) is 11.5 Å². The van der Waals surface area contributed by atoms with Gasteiger partial charge >= 0.3 is 0 Å². The van der Waals surface area contributed by atoms with Crippen molar-refractivity contribution in [1.29, 1.82) is 0 Å². The second-order valence-electron chi connectivity index (χ2n) is 6.89. The first kappa shape index (κ1) is 22.9. The highest BCUT2D eigenvalue weighted by Crippen LogP contribution is 2.36. The third kappa shape index (κ3) is 6.33. The molecule has 9 heteroatoms. The van der Waals surface area contributed by atoms with Crippen LogP contribution < -0.4 is 20.1 Å². The van der Waals surface area contributed by atoms with Crippen LogP contribution >= 0.6 is 11.6 Å². The molecule has 2 aromatic rings. The van der Waals surface area contributed by atoms with E-state index in [2.05, 4.69) is 10.6 Å². The van der Waals surface area contributed by atoms with E-state index in [9.17, 15) is 9.59 Å². The summed E-state index contributed by atoms with van der Waals surface area (Å²) in [6.45, 7) is 5.38. The molecule has 1 aliphatic rings. The van der Waals surface area contributed by atoms with Crippen LogP contribution in [0.5, 0.6) is 11.5 Å². The molecular formula is C22H26ClN3O5. The van der Waals surface area contributed by atoms with Crippen molar-refractivity contribution in [1.82, 2.24) is 4.90 Å². The van der Waals surface area contributed by atoms with Crippen molar-refractivity contribution < 1.29 is 23.8 Å². The van der Waals surface area contributed by atoms with Crippen molar-refractivity contribution in [2.45, 2.75) is 6.92 Å². The zero-order valence-corrected chi connectivity index (χ0v) is 18.3. The second kappa shape index (κ2) is 11.0. The topological polar surface area (TPSA) is 89.1 Å². The lowest BCUT2D eigenvalue weighted by Gasteiger charge is -2.25. The molecule has 0 bridgehead atoms. The summed E-state index contributed by atoms with van der Waals surface area (Å²) in [4.78, 5) is 26.9. The van der Waals surface area contributed by atoms with Gasteiger partial charge in [-0.3, -0.25) is 14.5 Å². The van der Waals surface area contributed by atoms with Gasteiger partial charge < -0.3 is 24.8 Å². The standard InChI is InChI=1S/C22H26ClN3O5/c1-3-31-21-18(23)12-15(13-19(21)29-2)22(28)25-17-6-4-16(5-7-17)24-20(27)14-26-8-10-30-11-9-26/h4-7,12-13H,3,8-11,14H2,1-2H3,(H,24,27)(H,25,28). The number of amides is 2. The van der Waals surface area contributed by atoms with E-state index in [-0.39, 0.29) is 11.8 Å². The van der Waals surface area contributed by atoms with Crippen molar-refractivity contribution >= 4 is 34.8 Å². The predicted molar refractivity (Wildman–Crippen MR) is 119 cm³/mol. The van der Waals surface area contributed by atoms with Crippen LogP contribution in [0.4, 0.5) is 11.4 Å². The Labute approximate surface area is 186 Å². The van der Waals surface area contributed by atoms with Gasteiger partial charge in [0.2, 0.25) is 5.91 Å². The Balaban J connectivity index is 1.59. The minimum atomic E-state index is -0.340. The van der Waals surface area contributed by atoms with Gasteiger partial charge in [-0.25, -0.2) is 0 Å². The Morgan fingerprint density at radius 1 is 1.10 bits per heavy atom. The van der Waals surface area contributed by atoms with Crippen LogP contribution in [0.3, 0.4) is 0 Å². The number of halogens is 1. The van der Waals surface area contributed by atoms with E-state index in [1.54, 1.807) is 30.3 Å². The number of hydrogen-bond acceptors (Lipinski definition) is 6. The molecular weight excluding hydrogens is 422 g/mol. The van der Waals surface area contributed by atoms with Gasteiger partial charge in [-0.15, -0.1) is 0 Å². The third-order valence-electron chi connectivity index (χ3n) is 4.68. The second-order valence-corrected chi connectivity index (χ2v) is 7.30. The van der Waals surface area contributed by atoms with Crippen LogP contribution in [-0.2, 0) is 9.53 Å². The minimum Gasteiger partial charge on any atom is -0.493 e. The molecule has 0 radical (unpaired) electrons. The van der Waals surface area contributed by atoms with E-state index in [1.807, 2.05) is 11.8 Å². The first-order chi connectivity index (χ1) is 15.0. The molecule has 1 fully saturated rings. The molecule has 2 aromatic carbocycles. The molecule has 31 heavy (non-hydrogen) atoms. The molecule has 1 saturated heterocycles. The smallest absolute Gasteiger partial charge is 0.255 e. The molecule has 1 aliphatic heterocycles. The molecule has 8 nitrogen and oxygen atoms in total. The van der Waals surface area contributed by atoms with Gasteiger partial charge in [0.25, 0.3) is 5.91 Å². The molecule has 0 unspecified atom stereocenters. The van der Waals surface area contributed by atoms with Crippen LogP contribution in [0.2, 0.25) is 5.02 Å². The number of morpholine rings is 1. The van der Waals surface area contributed by atoms with Gasteiger partial charge in [0, 0.05) is 30.0 Å². The minimum absolute atomic E-state index is 0.0881. The normalized spacial score (nSPS) is 14.0. The van der Waals surface area contributed by atoms with Crippen LogP contribution in [0.1, 0.15) is 17.3 Å². The first-order valence-electron chi connectivity index (χ1n) is 10.0. The Morgan fingerprint density at radius 2 is 1.74 bits per heavy atom. The molecule has 0 spiro atoms. The number of nitrogens with one attached hydrogen (secondary N) is 2. The highest BCUT2D eigenvalue weighted by atomic mass is 35.5. The SMILES string of the molecule is CCOc1c(Cl)cc(C(=O)Nc2ccc(NC(=O)CN3CCOCC3)cc2)cc1OC. The largest absolute Gasteiger partial charge is 0.493 e. The summed E-state index contributed by atoms with van der Waals surface area (Å²) in [6, 6.07) is 10.0. The summed E-state index contributed by atoms with van der Waals surface area (Å²) in [5, 5.41) is 5.96. The van der Waals surface area contributed by atoms with Gasteiger partial charge in [-0.2, -0.15) is 0 Å². The lowest BCUT2D eigenvalue weighted by atomic mass is 10.1. The number of benzene rings is 2. The monoisotopic (exact) mass is 447 g/mol. The molecule has 0 aromatic heterocycles. The zero-order chi connectivity index (χ0) is 22.2. The molecule has 3 rings (SSSR count). The Hall–Kier alpha value is -2.81. The van der Waals surface area contributed by atoms with E-state index in [0.29, 0.717) is 59.8 Å². The Morgan fingerprint density at radius 3 is 2.35 bits per heavy atom. The van der Waals surface area contributed by atoms with Crippen molar-refractivity contribution in [3.63, 3.8) is 0 Å². The van der Waals surface area contributed by atoms with E-state index in [4.69, 9.17) is 25.8 Å². The average molecular weight is 448 g/mol. The lowest BCUT2D eigenvalue weighted by Crippen LogP contribution is -2.41. The molecule has 2 amide bonds. The maximum absolute atomic E-state index is 12.6. The highest BCUT2D eigenvalue weighted by Gasteiger charge is 2.17. The van der Waals surface area contributed by atoms with Gasteiger partial charge in [0.05, 0.1) is 38.5 Å². The number of ether oxygens (including phenoxy) is 3. The zero-order valence-electron chi connectivity index (χ0n) is 17.6. The van der Waals surface area contributed by atoms with Crippen LogP contribution in [0, 0.1) is 0 Å². The van der Waals surface area contributed by atoms with Crippen molar-refractivity contribution in [3.05, 3.63) is 47.0 Å². The fraction of sp³-hybridized carbons (Fsp3) is 0.364. The molecule has 1 heterocycles. The number of carbonyl (C=O) groups is 2. The molecule has 2 N–H and O–H groups in total. The number of nitrogens with zero attached hydrogens (tertiary/aromatic N) is 1. The number of anilines is 2. The quantitative estimate of drug-likeness (QED) is 0.645. The van der Waals surface area contributed by atoms with Crippen molar-refractivity contribution in [2.75, 3.05) is 57.2 Å². The number of hydrogen-bond donors (Lipinski definition) is 2. The molecule has 0 atom stereocenters. The first-order valence-corrected chi connectivity index (χ1v) is 10.4. The fourth-order valence-electron chi connectivity index (χ4n) is 3.14. The number of carbonyl (C=O) groups excluding carboxylic acids is 2. The maximum Gasteiger partial charge on any atom is 0.255 e. The predicted octanol–water partition coefficient (Wildman–Crippen LogP) is 3.27. The van der Waals surface area contributed by atoms with Gasteiger partial charge in [0.15, 0.2) is 11.5 Å². The van der Waals surface area contributed by atoms with Gasteiger partial charge in [-0.05, 0) is 43.3 Å². The average Bonchev–Trinajstić information content (AvgIpc) is 2.77. The van der Waals surface area contributed by atoms with Crippen LogP contribution in [0.25, 0.3) is 0 Å². The van der Waals surface area contributed by atoms with E-state index < -0.39 is 0 Å². The van der Waals surface area contributed by atoms with Crippen LogP contribution in [0.15, 0.2) is 36.4 Å². The fourth-order valence-corrected chi connectivity index (χ4v) is 3.40. The van der Waals surface area contributed by atoms with Crippen molar-refractivity contribution in [2.24, 2.45) is 0 Å². The van der Waals surface area contributed by atoms with E-state index >= 15 is 0 Å². The number of methoxy groups -OCH3 is 1. The summed E-state index contributed by atoms with van der Waals surface area (Å²) < 4.78 is 16.0. The summed E-state index contributed by atoms with van der Waals surface area (Å²) >= 11 is 6.24. The summed E-state index contributed by atoms with van der Waals surface area (Å²) in [5.74, 6) is 0.361. The lowest BCUT2D eigenvalue weighted by molar-refractivity contribution is -0.118. The van der Waals surface area contributed by atoms with E-state index in [1.165, 1.54) is 13.2 Å². The molecule has 166 valence electrons. The summed E-state index contributed by atoms with van der Waals surface area (Å²) in [6.07, 6.45) is 0. The van der Waals surface area contributed by atoms with Gasteiger partial charge in [-0.1, -0.05) is 11.6 Å². The summed E-state index contributed by atoms with van der Waals surface area (Å²) in [7, 11) is 1.49. The Bertz CT molecular complexity index is 914. The Kier molecular flexibility index (Phi) is 8.11. The van der Waals surface area contributed by atoms with E-state index in [0.717, 1.165) is 13.1 Å². The third-order valence-corrected chi connectivity index (χ3v) is 4.96. The maximum atomic E-state index is 12.6. The number of rotatable bonds is 8. The summed E-state index contributed by atoms with van der Waals surface area (Å²) in [5.41, 5.74) is 1.58. The highest BCUT2D eigenvalue weighted by molar-refractivity contribution is 6.32. The van der Waals surface area contributed by atoms with Gasteiger partial charge in [0.1, 0.15) is 0 Å².